The molecule has 0 heterocycles. The number of allylic oxidation sites excluding steroid dienone is 4. The largest absolute Gasteiger partial charge is 0.0850 e. The van der Waals surface area contributed by atoms with Crippen molar-refractivity contribution in [2.75, 3.05) is 0 Å². The lowest BCUT2D eigenvalue weighted by Gasteiger charge is -2.50. The molecule has 2 fully saturated rings. The zero-order valence-corrected chi connectivity index (χ0v) is 10.1. The number of hydrogen-bond acceptors (Lipinski definition) is 0. The first-order chi connectivity index (χ1) is 7.86. The Balaban J connectivity index is 1.65. The molecule has 5 aliphatic rings. The van der Waals surface area contributed by atoms with E-state index in [1.807, 2.05) is 0 Å². The van der Waals surface area contributed by atoms with E-state index in [4.69, 9.17) is 0 Å². The van der Waals surface area contributed by atoms with Gasteiger partial charge in [-0.1, -0.05) is 23.8 Å². The number of rotatable bonds is 1. The summed E-state index contributed by atoms with van der Waals surface area (Å²) in [5.74, 6) is 2.98. The Labute approximate surface area is 98.8 Å². The van der Waals surface area contributed by atoms with Crippen molar-refractivity contribution in [3.63, 3.8) is 0 Å². The second-order valence-electron chi connectivity index (χ2n) is 6.64. The van der Waals surface area contributed by atoms with Crippen LogP contribution in [0.4, 0.5) is 0 Å². The summed E-state index contributed by atoms with van der Waals surface area (Å²) in [5.41, 5.74) is 2.43. The van der Waals surface area contributed by atoms with Crippen molar-refractivity contribution in [2.45, 2.75) is 51.4 Å². The fourth-order valence-electron chi connectivity index (χ4n) is 5.02. The van der Waals surface area contributed by atoms with Crippen LogP contribution < -0.4 is 0 Å². The van der Waals surface area contributed by atoms with Gasteiger partial charge in [0.25, 0.3) is 0 Å². The standard InChI is InChI=1S/C16H22/c1-3-14-11-13(1)2-4-15(14)16-8-5-12(6-9-16)7-10-16/h1,5,8,12,14-15H,2-4,6-7,9-11H2. The first-order valence-corrected chi connectivity index (χ1v) is 7.23. The maximum Gasteiger partial charge on any atom is -0.00865 e. The molecule has 0 nitrogen and oxygen atoms in total. The third-order valence-corrected chi connectivity index (χ3v) is 5.98. The molecule has 0 saturated heterocycles. The summed E-state index contributed by atoms with van der Waals surface area (Å²) in [4.78, 5) is 0. The van der Waals surface area contributed by atoms with Gasteiger partial charge in [-0.25, -0.2) is 0 Å². The van der Waals surface area contributed by atoms with Gasteiger partial charge in [0.05, 0.1) is 0 Å². The van der Waals surface area contributed by atoms with Gasteiger partial charge in [0.15, 0.2) is 0 Å². The molecule has 0 amide bonds. The Morgan fingerprint density at radius 3 is 2.75 bits per heavy atom. The summed E-state index contributed by atoms with van der Waals surface area (Å²) in [5, 5.41) is 0. The van der Waals surface area contributed by atoms with Crippen LogP contribution >= 0.6 is 0 Å². The van der Waals surface area contributed by atoms with Gasteiger partial charge in [-0.05, 0) is 74.5 Å². The van der Waals surface area contributed by atoms with Crippen LogP contribution in [0.25, 0.3) is 0 Å². The van der Waals surface area contributed by atoms with Crippen LogP contribution in [0, 0.1) is 23.2 Å². The Bertz CT molecular complexity index is 352. The van der Waals surface area contributed by atoms with Gasteiger partial charge in [0.1, 0.15) is 0 Å². The molecule has 0 N–H and O–H groups in total. The molecule has 2 atom stereocenters. The minimum absolute atomic E-state index is 0.642. The molecule has 0 aromatic rings. The van der Waals surface area contributed by atoms with E-state index in [2.05, 4.69) is 18.2 Å². The van der Waals surface area contributed by atoms with Gasteiger partial charge in [-0.3, -0.25) is 0 Å². The summed E-state index contributed by atoms with van der Waals surface area (Å²) < 4.78 is 0. The van der Waals surface area contributed by atoms with Crippen molar-refractivity contribution in [1.82, 2.24) is 0 Å². The average Bonchev–Trinajstić information content (AvgIpc) is 2.73. The van der Waals surface area contributed by atoms with E-state index < -0.39 is 0 Å². The van der Waals surface area contributed by atoms with E-state index in [9.17, 15) is 0 Å². The van der Waals surface area contributed by atoms with Gasteiger partial charge >= 0.3 is 0 Å². The zero-order chi connectivity index (χ0) is 10.6. The molecule has 0 aromatic heterocycles. The molecule has 0 heteroatoms. The summed E-state index contributed by atoms with van der Waals surface area (Å²) in [7, 11) is 0. The molecule has 2 unspecified atom stereocenters. The molecule has 86 valence electrons. The van der Waals surface area contributed by atoms with E-state index in [0.29, 0.717) is 5.41 Å². The van der Waals surface area contributed by atoms with Gasteiger partial charge in [-0.2, -0.15) is 0 Å². The summed E-state index contributed by atoms with van der Waals surface area (Å²) in [6.45, 7) is 0. The van der Waals surface area contributed by atoms with Crippen LogP contribution in [-0.2, 0) is 0 Å². The molecule has 0 aromatic carbocycles. The Hall–Kier alpha value is -0.520. The van der Waals surface area contributed by atoms with Crippen LogP contribution in [0.15, 0.2) is 23.8 Å². The van der Waals surface area contributed by atoms with Crippen LogP contribution in [0.1, 0.15) is 51.4 Å². The van der Waals surface area contributed by atoms with Crippen molar-refractivity contribution >= 4 is 0 Å². The van der Waals surface area contributed by atoms with Crippen LogP contribution in [-0.4, -0.2) is 0 Å². The SMILES string of the molecule is C1=CC2(C3CCC4=CCC3C4)CCC1CC2. The highest BCUT2D eigenvalue weighted by Gasteiger charge is 2.47. The molecule has 5 rings (SSSR count). The highest BCUT2D eigenvalue weighted by atomic mass is 14.5. The van der Waals surface area contributed by atoms with E-state index in [-0.39, 0.29) is 0 Å². The molecule has 0 aliphatic heterocycles. The summed E-state index contributed by atoms with van der Waals surface area (Å²) >= 11 is 0. The molecule has 4 bridgehead atoms. The van der Waals surface area contributed by atoms with Crippen LogP contribution in [0.2, 0.25) is 0 Å². The quantitative estimate of drug-likeness (QED) is 0.565. The zero-order valence-electron chi connectivity index (χ0n) is 10.1. The van der Waals surface area contributed by atoms with Crippen molar-refractivity contribution < 1.29 is 0 Å². The molecular formula is C16H22. The van der Waals surface area contributed by atoms with Crippen molar-refractivity contribution in [2.24, 2.45) is 23.2 Å². The Kier molecular flexibility index (Phi) is 1.93. The first kappa shape index (κ1) is 9.50. The van der Waals surface area contributed by atoms with Crippen LogP contribution in [0.3, 0.4) is 0 Å². The fraction of sp³-hybridized carbons (Fsp3) is 0.750. The third kappa shape index (κ3) is 1.22. The van der Waals surface area contributed by atoms with Crippen molar-refractivity contribution in [3.8, 4) is 0 Å². The highest BCUT2D eigenvalue weighted by Crippen LogP contribution is 2.58. The van der Waals surface area contributed by atoms with Gasteiger partial charge in [-0.15, -0.1) is 0 Å². The topological polar surface area (TPSA) is 0 Å². The lowest BCUT2D eigenvalue weighted by Crippen LogP contribution is -2.40. The van der Waals surface area contributed by atoms with Crippen molar-refractivity contribution in [3.05, 3.63) is 23.8 Å². The number of fused-ring (bicyclic) bond motifs is 4. The maximum atomic E-state index is 2.65. The second-order valence-corrected chi connectivity index (χ2v) is 6.64. The van der Waals surface area contributed by atoms with E-state index in [0.717, 1.165) is 17.8 Å². The summed E-state index contributed by atoms with van der Waals surface area (Å²) in [6, 6.07) is 0. The third-order valence-electron chi connectivity index (χ3n) is 5.98. The van der Waals surface area contributed by atoms with Gasteiger partial charge in [0, 0.05) is 0 Å². The fourth-order valence-corrected chi connectivity index (χ4v) is 5.02. The predicted octanol–water partition coefficient (Wildman–Crippen LogP) is 4.48. The monoisotopic (exact) mass is 214 g/mol. The normalized spacial score (nSPS) is 49.5. The lowest BCUT2D eigenvalue weighted by atomic mass is 9.54. The second kappa shape index (κ2) is 3.24. The minimum atomic E-state index is 0.642. The molecule has 2 saturated carbocycles. The molecular weight excluding hydrogens is 192 g/mol. The lowest BCUT2D eigenvalue weighted by molar-refractivity contribution is 0.0647. The molecule has 0 radical (unpaired) electrons. The number of hydrogen-bond donors (Lipinski definition) is 0. The van der Waals surface area contributed by atoms with E-state index >= 15 is 0 Å². The predicted molar refractivity (Wildman–Crippen MR) is 67.1 cm³/mol. The summed E-state index contributed by atoms with van der Waals surface area (Å²) in [6.07, 6.45) is 19.5. The van der Waals surface area contributed by atoms with E-state index in [1.165, 1.54) is 51.4 Å². The van der Waals surface area contributed by atoms with Gasteiger partial charge < -0.3 is 0 Å². The smallest absolute Gasteiger partial charge is 0.00865 e. The van der Waals surface area contributed by atoms with Crippen molar-refractivity contribution in [1.29, 1.82) is 0 Å². The molecule has 16 heavy (non-hydrogen) atoms. The maximum absolute atomic E-state index is 2.65. The molecule has 5 aliphatic carbocycles. The molecule has 0 spiro atoms. The first-order valence-electron chi connectivity index (χ1n) is 7.23. The Morgan fingerprint density at radius 1 is 1.12 bits per heavy atom. The average molecular weight is 214 g/mol. The van der Waals surface area contributed by atoms with E-state index in [1.54, 1.807) is 5.57 Å². The van der Waals surface area contributed by atoms with Gasteiger partial charge in [0.2, 0.25) is 0 Å². The minimum Gasteiger partial charge on any atom is -0.0850 e. The van der Waals surface area contributed by atoms with Crippen LogP contribution in [0.5, 0.6) is 0 Å². The Morgan fingerprint density at radius 2 is 2.00 bits per heavy atom. The highest BCUT2D eigenvalue weighted by molar-refractivity contribution is 5.21.